The van der Waals surface area contributed by atoms with Crippen molar-refractivity contribution in [3.05, 3.63) is 59.7 Å². The second-order valence-electron chi connectivity index (χ2n) is 15.4. The van der Waals surface area contributed by atoms with E-state index in [0.29, 0.717) is 11.1 Å². The van der Waals surface area contributed by atoms with E-state index in [2.05, 4.69) is 48.1 Å². The lowest BCUT2D eigenvalue weighted by atomic mass is 9.96. The number of hydrogen-bond donors (Lipinski definition) is 12. The summed E-state index contributed by atoms with van der Waals surface area (Å²) in [5.41, 5.74) is -4.80. The second kappa shape index (κ2) is 33.2. The van der Waals surface area contributed by atoms with Gasteiger partial charge in [-0.05, 0) is 103 Å². The van der Waals surface area contributed by atoms with Gasteiger partial charge >= 0.3 is 35.8 Å². The lowest BCUT2D eigenvalue weighted by Crippen LogP contribution is -2.42. The number of aliphatic carboxylic acids is 6. The summed E-state index contributed by atoms with van der Waals surface area (Å²) in [5, 5.41) is 92.8. The van der Waals surface area contributed by atoms with Crippen LogP contribution in [-0.2, 0) is 28.8 Å². The Bertz CT molecular complexity index is 1780. The molecule has 12 N–H and O–H groups in total. The molecule has 2 aromatic carbocycles. The van der Waals surface area contributed by atoms with E-state index >= 15 is 0 Å². The van der Waals surface area contributed by atoms with Crippen molar-refractivity contribution in [1.82, 2.24) is 20.4 Å². The van der Waals surface area contributed by atoms with Crippen LogP contribution in [0.2, 0.25) is 0 Å². The van der Waals surface area contributed by atoms with E-state index in [1.165, 1.54) is 12.1 Å². The Labute approximate surface area is 389 Å². The number of rotatable bonds is 27. The smallest absolute Gasteiger partial charge is 0.336 e. The maximum absolute atomic E-state index is 12.0. The SMILES string of the molecule is CCN(CC)CCCC(C)NC(=O)c1ccccc1O.CCN(CC)CCCCC(C)NC(=O)c1ccccc1O.O=C(O)CC(O)(CC(=O)O)C(=O)O.O=C(O)CC(O)(CC(=O)O)C(=O)O. The summed E-state index contributed by atoms with van der Waals surface area (Å²) >= 11 is 0. The first kappa shape index (κ1) is 62.7. The number of amides is 2. The van der Waals surface area contributed by atoms with Gasteiger partial charge < -0.3 is 71.5 Å². The van der Waals surface area contributed by atoms with Gasteiger partial charge in [0.15, 0.2) is 11.2 Å². The highest BCUT2D eigenvalue weighted by Crippen LogP contribution is 2.18. The number of benzene rings is 2. The number of carbonyl (C=O) groups is 8. The van der Waals surface area contributed by atoms with Gasteiger partial charge in [-0.25, -0.2) is 9.59 Å². The standard InChI is InChI=1S/C17H28N2O2.C16H26N2O2.2C6H8O7/c1-4-19(5-2)13-9-8-10-14(3)18-17(21)15-11-6-7-12-16(15)20;1-4-18(5-2)12-8-9-13(3)17-16(20)14-10-6-7-11-15(14)19;2*7-3(8)1-6(13,5(11)12)2-4(9)10/h6-7,11-12,14,20H,4-5,8-10,13H2,1-3H3,(H,18,21);6-7,10-11,13,19H,4-5,8-9,12H2,1-3H3,(H,17,20);2*13H,1-2H2,(H,7,8)(H,9,10)(H,11,12). The van der Waals surface area contributed by atoms with E-state index in [1.807, 2.05) is 13.8 Å². The number of unbranched alkanes of at least 4 members (excludes halogenated alkanes) is 1. The zero-order valence-electron chi connectivity index (χ0n) is 39.0. The Kier molecular flexibility index (Phi) is 31.0. The third kappa shape index (κ3) is 27.7. The van der Waals surface area contributed by atoms with Crippen molar-refractivity contribution in [2.75, 3.05) is 39.3 Å². The summed E-state index contributed by atoms with van der Waals surface area (Å²) < 4.78 is 0. The maximum Gasteiger partial charge on any atom is 0.336 e. The quantitative estimate of drug-likeness (QED) is 0.0572. The molecule has 0 fully saturated rings. The molecule has 0 aliphatic rings. The van der Waals surface area contributed by atoms with Crippen LogP contribution in [0.3, 0.4) is 0 Å². The number of carboxylic acids is 6. The molecular weight excluding hydrogens is 885 g/mol. The van der Waals surface area contributed by atoms with Gasteiger partial charge in [0.2, 0.25) is 0 Å². The average Bonchev–Trinajstić information content (AvgIpc) is 3.22. The van der Waals surface area contributed by atoms with Crippen LogP contribution >= 0.6 is 0 Å². The number of aliphatic hydroxyl groups is 2. The summed E-state index contributed by atoms with van der Waals surface area (Å²) in [6.07, 6.45) is 0.629. The molecule has 67 heavy (non-hydrogen) atoms. The molecule has 2 unspecified atom stereocenters. The van der Waals surface area contributed by atoms with Gasteiger partial charge in [-0.2, -0.15) is 0 Å². The minimum absolute atomic E-state index is 0.0281. The molecule has 2 atom stereocenters. The van der Waals surface area contributed by atoms with Crippen molar-refractivity contribution >= 4 is 47.6 Å². The molecule has 378 valence electrons. The van der Waals surface area contributed by atoms with E-state index in [0.717, 1.165) is 71.4 Å². The molecular formula is C45H70N4O18. The third-order valence-electron chi connectivity index (χ3n) is 9.89. The van der Waals surface area contributed by atoms with Crippen LogP contribution < -0.4 is 10.6 Å². The minimum Gasteiger partial charge on any atom is -0.507 e. The molecule has 0 saturated heterocycles. The van der Waals surface area contributed by atoms with Crippen LogP contribution in [-0.4, -0.2) is 171 Å². The zero-order chi connectivity index (χ0) is 51.9. The van der Waals surface area contributed by atoms with Crippen molar-refractivity contribution in [1.29, 1.82) is 0 Å². The van der Waals surface area contributed by atoms with Crippen LogP contribution in [0.4, 0.5) is 0 Å². The molecule has 22 heteroatoms. The summed E-state index contributed by atoms with van der Waals surface area (Å²) in [4.78, 5) is 89.8. The molecule has 0 heterocycles. The molecule has 2 amide bonds. The van der Waals surface area contributed by atoms with Crippen LogP contribution in [0.1, 0.15) is 120 Å². The summed E-state index contributed by atoms with van der Waals surface area (Å²) in [5.74, 6) is -10.4. The molecule has 0 bridgehead atoms. The molecule has 0 aromatic heterocycles. The fourth-order valence-electron chi connectivity index (χ4n) is 5.99. The van der Waals surface area contributed by atoms with E-state index in [-0.39, 0.29) is 35.4 Å². The predicted molar refractivity (Wildman–Crippen MR) is 243 cm³/mol. The molecule has 2 aromatic rings. The number of nitrogens with zero attached hydrogens (tertiary/aromatic N) is 2. The molecule has 2 rings (SSSR count). The maximum atomic E-state index is 12.0. The normalized spacial score (nSPS) is 11.8. The van der Waals surface area contributed by atoms with Gasteiger partial charge in [0, 0.05) is 12.1 Å². The van der Waals surface area contributed by atoms with Crippen molar-refractivity contribution in [2.45, 2.75) is 123 Å². The largest absolute Gasteiger partial charge is 0.507 e. The van der Waals surface area contributed by atoms with Crippen LogP contribution in [0, 0.1) is 0 Å². The Morgan fingerprint density at radius 3 is 1.04 bits per heavy atom. The second-order valence-corrected chi connectivity index (χ2v) is 15.4. The number of hydrogen-bond acceptors (Lipinski definition) is 14. The van der Waals surface area contributed by atoms with Crippen LogP contribution in [0.25, 0.3) is 0 Å². The summed E-state index contributed by atoms with van der Waals surface area (Å²) in [7, 11) is 0. The fourth-order valence-corrected chi connectivity index (χ4v) is 5.99. The molecule has 0 aliphatic heterocycles. The molecule has 0 saturated carbocycles. The molecule has 0 aliphatic carbocycles. The number of carbonyl (C=O) groups excluding carboxylic acids is 2. The zero-order valence-corrected chi connectivity index (χ0v) is 39.0. The van der Waals surface area contributed by atoms with Crippen LogP contribution in [0.5, 0.6) is 11.5 Å². The third-order valence-corrected chi connectivity index (χ3v) is 9.89. The van der Waals surface area contributed by atoms with E-state index < -0.39 is 72.7 Å². The van der Waals surface area contributed by atoms with Gasteiger partial charge in [-0.1, -0.05) is 58.4 Å². The van der Waals surface area contributed by atoms with Gasteiger partial charge in [0.1, 0.15) is 11.5 Å². The van der Waals surface area contributed by atoms with E-state index in [9.17, 15) is 48.6 Å². The highest BCUT2D eigenvalue weighted by Gasteiger charge is 2.41. The topological polar surface area (TPSA) is 369 Å². The predicted octanol–water partition coefficient (Wildman–Crippen LogP) is 3.16. The Balaban J connectivity index is 0. The number of para-hydroxylation sites is 2. The summed E-state index contributed by atoms with van der Waals surface area (Å²) in [6, 6.07) is 13.5. The van der Waals surface area contributed by atoms with Gasteiger partial charge in [-0.3, -0.25) is 28.8 Å². The van der Waals surface area contributed by atoms with Gasteiger partial charge in [0.25, 0.3) is 11.8 Å². The van der Waals surface area contributed by atoms with Crippen molar-refractivity contribution < 1.29 is 89.4 Å². The molecule has 0 radical (unpaired) electrons. The lowest BCUT2D eigenvalue weighted by molar-refractivity contribution is -0.170. The van der Waals surface area contributed by atoms with Crippen molar-refractivity contribution in [2.24, 2.45) is 0 Å². The highest BCUT2D eigenvalue weighted by atomic mass is 16.4. The lowest BCUT2D eigenvalue weighted by Gasteiger charge is -2.19. The number of carboxylic acid groups (broad SMARTS) is 6. The first-order chi connectivity index (χ1) is 31.2. The number of phenols is 2. The minimum atomic E-state index is -2.74. The Morgan fingerprint density at radius 1 is 0.493 bits per heavy atom. The molecule has 0 spiro atoms. The Morgan fingerprint density at radius 2 is 0.776 bits per heavy atom. The monoisotopic (exact) mass is 954 g/mol. The highest BCUT2D eigenvalue weighted by molar-refractivity contribution is 5.97. The number of phenolic OH excluding ortho intramolecular Hbond substituents is 2. The number of aromatic hydroxyl groups is 2. The molecule has 22 nitrogen and oxygen atoms in total. The first-order valence-corrected chi connectivity index (χ1v) is 21.6. The van der Waals surface area contributed by atoms with Crippen LogP contribution in [0.15, 0.2) is 48.5 Å². The van der Waals surface area contributed by atoms with Gasteiger partial charge in [0.05, 0.1) is 36.8 Å². The Hall–Kier alpha value is -6.36. The van der Waals surface area contributed by atoms with Crippen molar-refractivity contribution in [3.8, 4) is 11.5 Å². The first-order valence-electron chi connectivity index (χ1n) is 21.6. The number of nitrogens with one attached hydrogen (secondary N) is 2. The van der Waals surface area contributed by atoms with E-state index in [4.69, 9.17) is 40.9 Å². The van der Waals surface area contributed by atoms with Gasteiger partial charge in [-0.15, -0.1) is 0 Å². The summed E-state index contributed by atoms with van der Waals surface area (Å²) in [6.45, 7) is 19.2. The van der Waals surface area contributed by atoms with E-state index in [1.54, 1.807) is 36.4 Å². The fraction of sp³-hybridized carbons (Fsp3) is 0.556. The van der Waals surface area contributed by atoms with Crippen molar-refractivity contribution in [3.63, 3.8) is 0 Å². The average molecular weight is 955 g/mol.